The van der Waals surface area contributed by atoms with Gasteiger partial charge in [-0.2, -0.15) is 0 Å². The maximum absolute atomic E-state index is 14.1. The number of hydrogen-bond acceptors (Lipinski definition) is 5. The van der Waals surface area contributed by atoms with Crippen molar-refractivity contribution in [2.45, 2.75) is 169 Å². The zero-order valence-electron chi connectivity index (χ0n) is 32.7. The summed E-state index contributed by atoms with van der Waals surface area (Å²) in [5, 5.41) is 0. The van der Waals surface area contributed by atoms with Crippen LogP contribution in [-0.2, 0) is 9.53 Å². The van der Waals surface area contributed by atoms with E-state index < -0.39 is 5.60 Å². The Labute approximate surface area is 300 Å². The van der Waals surface area contributed by atoms with Gasteiger partial charge in [0.05, 0.1) is 5.92 Å². The molecule has 0 amide bonds. The highest BCUT2D eigenvalue weighted by atomic mass is 16.6. The van der Waals surface area contributed by atoms with Crippen molar-refractivity contribution < 1.29 is 9.53 Å². The number of allylic oxidation sites excluding steroid dienone is 3. The van der Waals surface area contributed by atoms with Crippen LogP contribution in [0, 0.1) is 41.4 Å². The molecule has 0 bridgehead atoms. The van der Waals surface area contributed by atoms with E-state index in [2.05, 4.69) is 76.2 Å². The summed E-state index contributed by atoms with van der Waals surface area (Å²) in [6, 6.07) is 1.88. The topological polar surface area (TPSA) is 36.0 Å². The molecule has 0 aromatic heterocycles. The van der Waals surface area contributed by atoms with Crippen molar-refractivity contribution in [2.75, 3.05) is 26.2 Å². The van der Waals surface area contributed by atoms with Crippen LogP contribution >= 0.6 is 0 Å². The molecule has 9 unspecified atom stereocenters. The van der Waals surface area contributed by atoms with Gasteiger partial charge in [0.25, 0.3) is 0 Å². The fourth-order valence-electron chi connectivity index (χ4n) is 13.2. The van der Waals surface area contributed by atoms with Crippen molar-refractivity contribution in [1.29, 1.82) is 0 Å². The van der Waals surface area contributed by atoms with E-state index in [0.29, 0.717) is 41.8 Å². The van der Waals surface area contributed by atoms with E-state index >= 15 is 0 Å². The predicted octanol–water partition coefficient (Wildman–Crippen LogP) is 9.74. The van der Waals surface area contributed by atoms with Crippen LogP contribution in [0.3, 0.4) is 0 Å². The zero-order valence-corrected chi connectivity index (χ0v) is 32.7. The molecule has 0 aromatic carbocycles. The molecular formula is C44H71N3O2. The minimum Gasteiger partial charge on any atom is -0.454 e. The van der Waals surface area contributed by atoms with E-state index in [1.54, 1.807) is 16.7 Å². The first-order chi connectivity index (χ1) is 23.7. The standard InChI is InChI=1S/C44H71N3O2/c1-9-45(10-2)33-21-19-32(20-22-33)44(38-16-14-13-15-34(38)43(48)49-44)27-37(41-30(7)46(11-3)39-23-17-28(5)25-35(39)41)42-31(8)47(12-4)40-24-18-29(6)26-36(40)42/h27-29,32-36,38-40H,9-26H2,1-8H3. The molecule has 0 N–H and O–H groups in total. The molecule has 274 valence electrons. The molecule has 5 fully saturated rings. The molecular weight excluding hydrogens is 603 g/mol. The Morgan fingerprint density at radius 1 is 0.735 bits per heavy atom. The van der Waals surface area contributed by atoms with Gasteiger partial charge in [-0.3, -0.25) is 4.79 Å². The summed E-state index contributed by atoms with van der Waals surface area (Å²) in [6.07, 6.45) is 20.0. The predicted molar refractivity (Wildman–Crippen MR) is 202 cm³/mol. The smallest absolute Gasteiger partial charge is 0.310 e. The molecule has 5 nitrogen and oxygen atoms in total. The van der Waals surface area contributed by atoms with Gasteiger partial charge >= 0.3 is 5.97 Å². The quantitative estimate of drug-likeness (QED) is 0.228. The van der Waals surface area contributed by atoms with Gasteiger partial charge in [-0.1, -0.05) is 40.5 Å². The van der Waals surface area contributed by atoms with Gasteiger partial charge in [0.15, 0.2) is 0 Å². The van der Waals surface area contributed by atoms with Crippen molar-refractivity contribution in [1.82, 2.24) is 14.7 Å². The highest BCUT2D eigenvalue weighted by Crippen LogP contribution is 2.58. The molecule has 5 heteroatoms. The summed E-state index contributed by atoms with van der Waals surface area (Å²) in [5.41, 5.74) is 7.40. The Bertz CT molecular complexity index is 1260. The average molecular weight is 674 g/mol. The molecule has 49 heavy (non-hydrogen) atoms. The average Bonchev–Trinajstić information content (AvgIpc) is 3.66. The fourth-order valence-corrected chi connectivity index (χ4v) is 13.2. The second-order valence-electron chi connectivity index (χ2n) is 17.8. The number of carbonyl (C=O) groups is 1. The third kappa shape index (κ3) is 5.96. The number of cyclic esters (lactones) is 1. The van der Waals surface area contributed by atoms with Gasteiger partial charge in [0.1, 0.15) is 5.60 Å². The Morgan fingerprint density at radius 2 is 1.27 bits per heavy atom. The highest BCUT2D eigenvalue weighted by molar-refractivity contribution is 5.77. The SMILES string of the molecule is CCN(CC)C1CCC(C2(C=C(C3=C(C)N(CC)C4CCC(C)CC34)C3=C(C)N(CC)C4CCC(C)CC34)OC(=O)C3CCCCC32)CC1. The van der Waals surface area contributed by atoms with E-state index in [4.69, 9.17) is 4.74 Å². The maximum Gasteiger partial charge on any atom is 0.310 e. The third-order valence-corrected chi connectivity index (χ3v) is 15.6. The molecule has 7 aliphatic rings. The number of hydrogen-bond donors (Lipinski definition) is 0. The highest BCUT2D eigenvalue weighted by Gasteiger charge is 2.60. The van der Waals surface area contributed by atoms with Crippen LogP contribution in [0.4, 0.5) is 0 Å². The molecule has 0 spiro atoms. The minimum atomic E-state index is -0.489. The number of fused-ring (bicyclic) bond motifs is 3. The van der Waals surface area contributed by atoms with Crippen LogP contribution in [0.2, 0.25) is 0 Å². The summed E-state index contributed by atoms with van der Waals surface area (Å²) in [7, 11) is 0. The summed E-state index contributed by atoms with van der Waals surface area (Å²) in [5.74, 6) is 3.57. The van der Waals surface area contributed by atoms with Gasteiger partial charge in [0, 0.05) is 66.3 Å². The summed E-state index contributed by atoms with van der Waals surface area (Å²) >= 11 is 0. The molecule has 9 atom stereocenters. The van der Waals surface area contributed by atoms with Crippen molar-refractivity contribution in [3.8, 4) is 0 Å². The van der Waals surface area contributed by atoms with Crippen LogP contribution in [-0.4, -0.2) is 70.6 Å². The van der Waals surface area contributed by atoms with Crippen molar-refractivity contribution in [3.05, 3.63) is 34.2 Å². The van der Waals surface area contributed by atoms with Gasteiger partial charge < -0.3 is 19.4 Å². The second kappa shape index (κ2) is 14.3. The van der Waals surface area contributed by atoms with Crippen LogP contribution in [0.15, 0.2) is 34.2 Å². The Hall–Kier alpha value is -1.75. The molecule has 4 aliphatic carbocycles. The number of ether oxygens (including phenoxy) is 1. The molecule has 0 radical (unpaired) electrons. The third-order valence-electron chi connectivity index (χ3n) is 15.6. The van der Waals surface area contributed by atoms with Gasteiger partial charge in [0.2, 0.25) is 0 Å². The number of nitrogens with zero attached hydrogens (tertiary/aromatic N) is 3. The first kappa shape index (κ1) is 35.6. The first-order valence-corrected chi connectivity index (χ1v) is 21.3. The van der Waals surface area contributed by atoms with Crippen LogP contribution in [0.25, 0.3) is 0 Å². The fraction of sp³-hybridized carbons (Fsp3) is 0.841. The summed E-state index contributed by atoms with van der Waals surface area (Å²) in [4.78, 5) is 22.4. The van der Waals surface area contributed by atoms with Crippen LogP contribution < -0.4 is 0 Å². The van der Waals surface area contributed by atoms with Crippen LogP contribution in [0.1, 0.15) is 145 Å². The largest absolute Gasteiger partial charge is 0.454 e. The molecule has 4 saturated carbocycles. The molecule has 7 rings (SSSR count). The van der Waals surface area contributed by atoms with Gasteiger partial charge in [-0.25, -0.2) is 0 Å². The van der Waals surface area contributed by atoms with Gasteiger partial charge in [-0.15, -0.1) is 0 Å². The summed E-state index contributed by atoms with van der Waals surface area (Å²) in [6.45, 7) is 23.8. The lowest BCUT2D eigenvalue weighted by Gasteiger charge is -2.46. The lowest BCUT2D eigenvalue weighted by molar-refractivity contribution is -0.152. The lowest BCUT2D eigenvalue weighted by atomic mass is 9.62. The van der Waals surface area contributed by atoms with E-state index in [9.17, 15) is 4.79 Å². The monoisotopic (exact) mass is 674 g/mol. The molecule has 3 aliphatic heterocycles. The van der Waals surface area contributed by atoms with Gasteiger partial charge in [-0.05, 0) is 152 Å². The number of carbonyl (C=O) groups excluding carboxylic acids is 1. The van der Waals surface area contributed by atoms with E-state index in [1.807, 2.05) is 0 Å². The van der Waals surface area contributed by atoms with E-state index in [-0.39, 0.29) is 11.9 Å². The molecule has 3 heterocycles. The number of rotatable bonds is 9. The molecule has 1 saturated heterocycles. The Balaban J connectivity index is 1.42. The van der Waals surface area contributed by atoms with Crippen molar-refractivity contribution in [2.24, 2.45) is 41.4 Å². The van der Waals surface area contributed by atoms with E-state index in [1.165, 1.54) is 88.4 Å². The lowest BCUT2D eigenvalue weighted by Crippen LogP contribution is -2.48. The second-order valence-corrected chi connectivity index (χ2v) is 17.8. The van der Waals surface area contributed by atoms with Crippen molar-refractivity contribution >= 4 is 5.97 Å². The zero-order chi connectivity index (χ0) is 34.6. The first-order valence-electron chi connectivity index (χ1n) is 21.3. The Morgan fingerprint density at radius 3 is 1.78 bits per heavy atom. The summed E-state index contributed by atoms with van der Waals surface area (Å²) < 4.78 is 7.12. The molecule has 0 aromatic rings. The van der Waals surface area contributed by atoms with Crippen LogP contribution in [0.5, 0.6) is 0 Å². The normalized spacial score (nSPS) is 40.9. The van der Waals surface area contributed by atoms with Crippen molar-refractivity contribution in [3.63, 3.8) is 0 Å². The Kier molecular flexibility index (Phi) is 10.4. The van der Waals surface area contributed by atoms with E-state index in [0.717, 1.165) is 50.9 Å². The number of esters is 1. The minimum absolute atomic E-state index is 0.0771. The maximum atomic E-state index is 14.1.